The maximum atomic E-state index is 6.02. The van der Waals surface area contributed by atoms with Crippen molar-refractivity contribution in [1.82, 2.24) is 10.2 Å². The first-order chi connectivity index (χ1) is 10.3. The monoisotopic (exact) mass is 316 g/mol. The lowest BCUT2D eigenvalue weighted by Crippen LogP contribution is -2.44. The number of hydrogen-bond donors (Lipinski definition) is 1. The van der Waals surface area contributed by atoms with Gasteiger partial charge in [-0.05, 0) is 29.6 Å². The molecule has 0 aliphatic carbocycles. The Morgan fingerprint density at radius 1 is 1.19 bits per heavy atom. The zero-order valence-corrected chi connectivity index (χ0v) is 13.3. The summed E-state index contributed by atoms with van der Waals surface area (Å²) < 4.78 is 0. The van der Waals surface area contributed by atoms with E-state index in [4.69, 9.17) is 11.6 Å². The first-order valence-corrected chi connectivity index (χ1v) is 8.34. The van der Waals surface area contributed by atoms with Gasteiger partial charge in [-0.15, -0.1) is 11.3 Å². The first-order valence-electron chi connectivity index (χ1n) is 7.08. The molecule has 1 unspecified atom stereocenters. The number of rotatable bonds is 2. The number of hydrogen-bond acceptors (Lipinski definition) is 3. The second kappa shape index (κ2) is 7.11. The van der Waals surface area contributed by atoms with Crippen molar-refractivity contribution in [1.29, 1.82) is 0 Å². The van der Waals surface area contributed by atoms with Crippen molar-refractivity contribution in [2.24, 2.45) is 0 Å². The molecule has 1 aromatic carbocycles. The Labute approximate surface area is 134 Å². The lowest BCUT2D eigenvalue weighted by Gasteiger charge is -2.31. The summed E-state index contributed by atoms with van der Waals surface area (Å²) in [6, 6.07) is 12.2. The van der Waals surface area contributed by atoms with Gasteiger partial charge in [0, 0.05) is 41.6 Å². The molecule has 0 radical (unpaired) electrons. The fourth-order valence-electron chi connectivity index (χ4n) is 2.45. The number of benzene rings is 1. The van der Waals surface area contributed by atoms with Gasteiger partial charge in [-0.3, -0.25) is 4.90 Å². The van der Waals surface area contributed by atoms with Crippen LogP contribution >= 0.6 is 22.9 Å². The molecule has 1 aliphatic rings. The third kappa shape index (κ3) is 3.87. The number of nitrogens with zero attached hydrogens (tertiary/aromatic N) is 1. The van der Waals surface area contributed by atoms with Crippen molar-refractivity contribution in [3.8, 4) is 11.8 Å². The summed E-state index contributed by atoms with van der Waals surface area (Å²) in [6.45, 7) is 4.13. The predicted octanol–water partition coefficient (Wildman–Crippen LogP) is 3.40. The fraction of sp³-hybridized carbons (Fsp3) is 0.294. The van der Waals surface area contributed by atoms with Gasteiger partial charge >= 0.3 is 0 Å². The highest BCUT2D eigenvalue weighted by molar-refractivity contribution is 7.10. The number of halogens is 1. The molecule has 0 amide bonds. The maximum absolute atomic E-state index is 6.02. The second-order valence-corrected chi connectivity index (χ2v) is 6.40. The van der Waals surface area contributed by atoms with Crippen molar-refractivity contribution >= 4 is 22.9 Å². The molecule has 0 bridgehead atoms. The number of piperazine rings is 1. The van der Waals surface area contributed by atoms with Gasteiger partial charge in [0.1, 0.15) is 6.04 Å². The van der Waals surface area contributed by atoms with E-state index in [0.717, 1.165) is 36.8 Å². The zero-order chi connectivity index (χ0) is 14.5. The van der Waals surface area contributed by atoms with E-state index in [1.165, 1.54) is 4.88 Å². The highest BCUT2D eigenvalue weighted by Gasteiger charge is 2.20. The summed E-state index contributed by atoms with van der Waals surface area (Å²) in [5.74, 6) is 6.72. The van der Waals surface area contributed by atoms with Crippen LogP contribution in [-0.2, 0) is 0 Å². The topological polar surface area (TPSA) is 15.3 Å². The SMILES string of the molecule is Clc1cccc(C#CC(c2cccs2)N2CCNCC2)c1. The van der Waals surface area contributed by atoms with E-state index in [0.29, 0.717) is 0 Å². The smallest absolute Gasteiger partial charge is 0.107 e. The summed E-state index contributed by atoms with van der Waals surface area (Å²) in [5.41, 5.74) is 0.971. The van der Waals surface area contributed by atoms with Crippen LogP contribution in [0.1, 0.15) is 16.5 Å². The van der Waals surface area contributed by atoms with E-state index < -0.39 is 0 Å². The van der Waals surface area contributed by atoms with Crippen molar-refractivity contribution in [2.45, 2.75) is 6.04 Å². The van der Waals surface area contributed by atoms with Crippen LogP contribution in [0.4, 0.5) is 0 Å². The van der Waals surface area contributed by atoms with Crippen molar-refractivity contribution in [2.75, 3.05) is 26.2 Å². The van der Waals surface area contributed by atoms with Crippen LogP contribution < -0.4 is 5.32 Å². The van der Waals surface area contributed by atoms with E-state index in [1.54, 1.807) is 11.3 Å². The Kier molecular flexibility index (Phi) is 4.95. The van der Waals surface area contributed by atoms with E-state index in [1.807, 2.05) is 24.3 Å². The Morgan fingerprint density at radius 3 is 2.76 bits per heavy atom. The summed E-state index contributed by atoms with van der Waals surface area (Å²) in [6.07, 6.45) is 0. The zero-order valence-electron chi connectivity index (χ0n) is 11.7. The summed E-state index contributed by atoms with van der Waals surface area (Å²) in [7, 11) is 0. The van der Waals surface area contributed by atoms with Crippen LogP contribution in [0.5, 0.6) is 0 Å². The van der Waals surface area contributed by atoms with Crippen LogP contribution in [0, 0.1) is 11.8 Å². The van der Waals surface area contributed by atoms with Crippen molar-refractivity contribution in [3.63, 3.8) is 0 Å². The predicted molar refractivity (Wildman–Crippen MR) is 89.8 cm³/mol. The van der Waals surface area contributed by atoms with Gasteiger partial charge in [0.15, 0.2) is 0 Å². The molecule has 2 aromatic rings. The second-order valence-electron chi connectivity index (χ2n) is 4.98. The van der Waals surface area contributed by atoms with Crippen LogP contribution in [0.3, 0.4) is 0 Å². The van der Waals surface area contributed by atoms with E-state index in [-0.39, 0.29) is 6.04 Å². The van der Waals surface area contributed by atoms with E-state index in [2.05, 4.69) is 39.6 Å². The normalized spacial score (nSPS) is 17.0. The molecule has 1 saturated heterocycles. The fourth-order valence-corrected chi connectivity index (χ4v) is 3.45. The van der Waals surface area contributed by atoms with Gasteiger partial charge in [0.05, 0.1) is 0 Å². The standard InChI is InChI=1S/C17H17ClN2S/c18-15-4-1-3-14(13-15)6-7-16(17-5-2-12-21-17)20-10-8-19-9-11-20/h1-5,12-13,16,19H,8-11H2. The third-order valence-electron chi connectivity index (χ3n) is 3.51. The molecule has 0 saturated carbocycles. The lowest BCUT2D eigenvalue weighted by atomic mass is 10.1. The van der Waals surface area contributed by atoms with Crippen molar-refractivity contribution < 1.29 is 0 Å². The molecule has 1 fully saturated rings. The summed E-state index contributed by atoms with van der Waals surface area (Å²) in [5, 5.41) is 6.24. The molecule has 4 heteroatoms. The van der Waals surface area contributed by atoms with Gasteiger partial charge in [-0.2, -0.15) is 0 Å². The first kappa shape index (κ1) is 14.6. The quantitative estimate of drug-likeness (QED) is 0.854. The van der Waals surface area contributed by atoms with Gasteiger partial charge < -0.3 is 5.32 Å². The van der Waals surface area contributed by atoms with Gasteiger partial charge in [-0.25, -0.2) is 0 Å². The Bertz CT molecular complexity index is 636. The molecule has 1 atom stereocenters. The Morgan fingerprint density at radius 2 is 2.05 bits per heavy atom. The molecule has 2 heterocycles. The maximum Gasteiger partial charge on any atom is 0.107 e. The van der Waals surface area contributed by atoms with Gasteiger partial charge in [-0.1, -0.05) is 35.6 Å². The van der Waals surface area contributed by atoms with Crippen molar-refractivity contribution in [3.05, 3.63) is 57.2 Å². The number of thiophene rings is 1. The Hall–Kier alpha value is -1.31. The lowest BCUT2D eigenvalue weighted by molar-refractivity contribution is 0.211. The molecule has 1 aliphatic heterocycles. The van der Waals surface area contributed by atoms with E-state index in [9.17, 15) is 0 Å². The van der Waals surface area contributed by atoms with Crippen LogP contribution in [0.2, 0.25) is 5.02 Å². The Balaban J connectivity index is 1.86. The molecule has 1 N–H and O–H groups in total. The van der Waals surface area contributed by atoms with Crippen LogP contribution in [-0.4, -0.2) is 31.1 Å². The van der Waals surface area contributed by atoms with Crippen LogP contribution in [0.25, 0.3) is 0 Å². The summed E-state index contributed by atoms with van der Waals surface area (Å²) >= 11 is 7.80. The molecular weight excluding hydrogens is 300 g/mol. The number of nitrogens with one attached hydrogen (secondary N) is 1. The third-order valence-corrected chi connectivity index (χ3v) is 4.67. The van der Waals surface area contributed by atoms with Crippen LogP contribution in [0.15, 0.2) is 41.8 Å². The molecule has 1 aromatic heterocycles. The largest absolute Gasteiger partial charge is 0.314 e. The van der Waals surface area contributed by atoms with Gasteiger partial charge in [0.25, 0.3) is 0 Å². The summed E-state index contributed by atoms with van der Waals surface area (Å²) in [4.78, 5) is 3.76. The highest BCUT2D eigenvalue weighted by Crippen LogP contribution is 2.25. The average molecular weight is 317 g/mol. The molecule has 0 spiro atoms. The minimum Gasteiger partial charge on any atom is -0.314 e. The average Bonchev–Trinajstić information content (AvgIpc) is 3.03. The highest BCUT2D eigenvalue weighted by atomic mass is 35.5. The molecule has 21 heavy (non-hydrogen) atoms. The van der Waals surface area contributed by atoms with E-state index >= 15 is 0 Å². The molecule has 3 rings (SSSR count). The minimum atomic E-state index is 0.172. The molecular formula is C17H17ClN2S. The minimum absolute atomic E-state index is 0.172. The molecule has 108 valence electrons. The van der Waals surface area contributed by atoms with Gasteiger partial charge in [0.2, 0.25) is 0 Å². The molecule has 2 nitrogen and oxygen atoms in total.